The molecule has 0 unspecified atom stereocenters. The van der Waals surface area contributed by atoms with Gasteiger partial charge in [0.15, 0.2) is 0 Å². The summed E-state index contributed by atoms with van der Waals surface area (Å²) < 4.78 is 4.51. The van der Waals surface area contributed by atoms with Gasteiger partial charge in [0.05, 0.1) is 31.3 Å². The first-order chi connectivity index (χ1) is 8.11. The Hall–Kier alpha value is -1.98. The van der Waals surface area contributed by atoms with Crippen molar-refractivity contribution in [1.82, 2.24) is 9.97 Å². The van der Waals surface area contributed by atoms with Crippen LogP contribution in [0.2, 0.25) is 0 Å². The van der Waals surface area contributed by atoms with Crippen molar-refractivity contribution in [3.8, 4) is 0 Å². The third kappa shape index (κ3) is 5.05. The van der Waals surface area contributed by atoms with Crippen molar-refractivity contribution in [2.75, 3.05) is 7.11 Å². The number of rotatable bonds is 6. The molecule has 6 heteroatoms. The molecule has 0 saturated heterocycles. The number of carboxylic acid groups (broad SMARTS) is 1. The molecule has 17 heavy (non-hydrogen) atoms. The maximum absolute atomic E-state index is 10.9. The van der Waals surface area contributed by atoms with Crippen molar-refractivity contribution >= 4 is 11.9 Å². The standard InChI is InChI=1S/C11H14N2O4/c1-17-11(16)5-3-9-7-12-8(6-13-9)2-4-10(14)15/h6-7H,2-5H2,1H3,(H,14,15). The second kappa shape index (κ2) is 6.57. The molecule has 0 spiro atoms. The van der Waals surface area contributed by atoms with E-state index < -0.39 is 5.97 Å². The van der Waals surface area contributed by atoms with E-state index in [0.29, 0.717) is 24.2 Å². The molecule has 0 saturated carbocycles. The van der Waals surface area contributed by atoms with Gasteiger partial charge >= 0.3 is 11.9 Å². The molecule has 0 aliphatic heterocycles. The van der Waals surface area contributed by atoms with Crippen molar-refractivity contribution in [2.24, 2.45) is 0 Å². The van der Waals surface area contributed by atoms with Gasteiger partial charge in [0.2, 0.25) is 0 Å². The summed E-state index contributed by atoms with van der Waals surface area (Å²) in [6.07, 6.45) is 4.23. The van der Waals surface area contributed by atoms with Crippen molar-refractivity contribution in [3.63, 3.8) is 0 Å². The predicted molar refractivity (Wildman–Crippen MR) is 58.3 cm³/mol. The molecule has 0 aliphatic rings. The lowest BCUT2D eigenvalue weighted by Gasteiger charge is -2.01. The number of ether oxygens (including phenoxy) is 1. The van der Waals surface area contributed by atoms with Crippen LogP contribution in [0.1, 0.15) is 24.2 Å². The molecule has 0 radical (unpaired) electrons. The average molecular weight is 238 g/mol. The number of aromatic nitrogens is 2. The van der Waals surface area contributed by atoms with Gasteiger partial charge in [0, 0.05) is 25.2 Å². The van der Waals surface area contributed by atoms with Gasteiger partial charge in [-0.15, -0.1) is 0 Å². The molecule has 1 rings (SSSR count). The van der Waals surface area contributed by atoms with Crippen LogP contribution in [0.3, 0.4) is 0 Å². The number of carbonyl (C=O) groups is 2. The van der Waals surface area contributed by atoms with Gasteiger partial charge in [0.1, 0.15) is 0 Å². The smallest absolute Gasteiger partial charge is 0.305 e. The summed E-state index contributed by atoms with van der Waals surface area (Å²) in [6, 6.07) is 0. The van der Waals surface area contributed by atoms with Crippen LogP contribution >= 0.6 is 0 Å². The van der Waals surface area contributed by atoms with Crippen LogP contribution in [-0.4, -0.2) is 34.1 Å². The Balaban J connectivity index is 2.44. The number of aryl methyl sites for hydroxylation is 2. The van der Waals surface area contributed by atoms with Gasteiger partial charge in [-0.3, -0.25) is 19.6 Å². The Morgan fingerprint density at radius 1 is 1.18 bits per heavy atom. The van der Waals surface area contributed by atoms with Gasteiger partial charge in [-0.1, -0.05) is 0 Å². The minimum absolute atomic E-state index is 0.0379. The van der Waals surface area contributed by atoms with Gasteiger partial charge in [0.25, 0.3) is 0 Å². The molecule has 0 aromatic carbocycles. The van der Waals surface area contributed by atoms with Crippen molar-refractivity contribution in [3.05, 3.63) is 23.8 Å². The predicted octanol–water partition coefficient (Wildman–Crippen LogP) is 0.599. The molecule has 0 amide bonds. The van der Waals surface area contributed by atoms with E-state index in [-0.39, 0.29) is 18.8 Å². The highest BCUT2D eigenvalue weighted by Gasteiger charge is 2.04. The van der Waals surface area contributed by atoms with Gasteiger partial charge in [-0.25, -0.2) is 0 Å². The number of methoxy groups -OCH3 is 1. The van der Waals surface area contributed by atoms with E-state index in [2.05, 4.69) is 14.7 Å². The van der Waals surface area contributed by atoms with E-state index in [0.717, 1.165) is 0 Å². The minimum atomic E-state index is -0.860. The van der Waals surface area contributed by atoms with E-state index in [1.807, 2.05) is 0 Å². The molecular weight excluding hydrogens is 224 g/mol. The van der Waals surface area contributed by atoms with Crippen LogP contribution in [0.4, 0.5) is 0 Å². The molecule has 1 aromatic heterocycles. The number of nitrogens with zero attached hydrogens (tertiary/aromatic N) is 2. The summed E-state index contributed by atoms with van der Waals surface area (Å²) in [5.41, 5.74) is 1.32. The second-order valence-corrected chi connectivity index (χ2v) is 3.47. The van der Waals surface area contributed by atoms with Crippen LogP contribution in [0.15, 0.2) is 12.4 Å². The highest BCUT2D eigenvalue weighted by molar-refractivity contribution is 5.69. The largest absolute Gasteiger partial charge is 0.481 e. The summed E-state index contributed by atoms with van der Waals surface area (Å²) in [5.74, 6) is -1.15. The summed E-state index contributed by atoms with van der Waals surface area (Å²) in [4.78, 5) is 29.4. The fourth-order valence-electron chi connectivity index (χ4n) is 1.21. The topological polar surface area (TPSA) is 89.4 Å². The first kappa shape index (κ1) is 13.1. The number of hydrogen-bond donors (Lipinski definition) is 1. The third-order valence-electron chi connectivity index (χ3n) is 2.17. The van der Waals surface area contributed by atoms with E-state index in [1.165, 1.54) is 13.3 Å². The molecule has 1 N–H and O–H groups in total. The van der Waals surface area contributed by atoms with E-state index in [9.17, 15) is 9.59 Å². The zero-order chi connectivity index (χ0) is 12.7. The monoisotopic (exact) mass is 238 g/mol. The highest BCUT2D eigenvalue weighted by Crippen LogP contribution is 2.02. The number of hydrogen-bond acceptors (Lipinski definition) is 5. The molecular formula is C11H14N2O4. The summed E-state index contributed by atoms with van der Waals surface area (Å²) in [6.45, 7) is 0. The fraction of sp³-hybridized carbons (Fsp3) is 0.455. The Bertz CT molecular complexity index is 389. The normalized spacial score (nSPS) is 9.94. The number of esters is 1. The molecule has 0 atom stereocenters. The van der Waals surface area contributed by atoms with E-state index in [4.69, 9.17) is 5.11 Å². The zero-order valence-corrected chi connectivity index (χ0v) is 9.55. The van der Waals surface area contributed by atoms with Crippen molar-refractivity contribution in [2.45, 2.75) is 25.7 Å². The van der Waals surface area contributed by atoms with Crippen LogP contribution in [0.5, 0.6) is 0 Å². The third-order valence-corrected chi connectivity index (χ3v) is 2.17. The molecule has 1 heterocycles. The lowest BCUT2D eigenvalue weighted by molar-refractivity contribution is -0.140. The Labute approximate surface area is 98.7 Å². The van der Waals surface area contributed by atoms with Crippen LogP contribution in [0, 0.1) is 0 Å². The van der Waals surface area contributed by atoms with Crippen LogP contribution in [-0.2, 0) is 27.2 Å². The fourth-order valence-corrected chi connectivity index (χ4v) is 1.21. The van der Waals surface area contributed by atoms with Gasteiger partial charge < -0.3 is 9.84 Å². The second-order valence-electron chi connectivity index (χ2n) is 3.47. The van der Waals surface area contributed by atoms with Gasteiger partial charge in [-0.05, 0) is 0 Å². The lowest BCUT2D eigenvalue weighted by atomic mass is 10.2. The molecule has 0 aliphatic carbocycles. The molecule has 0 bridgehead atoms. The first-order valence-corrected chi connectivity index (χ1v) is 5.20. The van der Waals surface area contributed by atoms with E-state index in [1.54, 1.807) is 6.20 Å². The average Bonchev–Trinajstić information content (AvgIpc) is 2.34. The highest BCUT2D eigenvalue weighted by atomic mass is 16.5. The summed E-state index contributed by atoms with van der Waals surface area (Å²) in [7, 11) is 1.34. The molecule has 92 valence electrons. The number of carboxylic acids is 1. The quantitative estimate of drug-likeness (QED) is 0.730. The maximum Gasteiger partial charge on any atom is 0.305 e. The van der Waals surface area contributed by atoms with Crippen LogP contribution in [0.25, 0.3) is 0 Å². The molecule has 6 nitrogen and oxygen atoms in total. The van der Waals surface area contributed by atoms with Crippen LogP contribution < -0.4 is 0 Å². The van der Waals surface area contributed by atoms with Gasteiger partial charge in [-0.2, -0.15) is 0 Å². The molecule has 0 fully saturated rings. The minimum Gasteiger partial charge on any atom is -0.481 e. The summed E-state index contributed by atoms with van der Waals surface area (Å²) in [5, 5.41) is 8.50. The van der Waals surface area contributed by atoms with Crippen molar-refractivity contribution < 1.29 is 19.4 Å². The zero-order valence-electron chi connectivity index (χ0n) is 9.55. The molecule has 1 aromatic rings. The maximum atomic E-state index is 10.9. The number of carbonyl (C=O) groups excluding carboxylic acids is 1. The van der Waals surface area contributed by atoms with Crippen molar-refractivity contribution in [1.29, 1.82) is 0 Å². The first-order valence-electron chi connectivity index (χ1n) is 5.20. The summed E-state index contributed by atoms with van der Waals surface area (Å²) >= 11 is 0. The lowest BCUT2D eigenvalue weighted by Crippen LogP contribution is -2.04. The van der Waals surface area contributed by atoms with E-state index >= 15 is 0 Å². The number of aliphatic carboxylic acids is 1. The Morgan fingerprint density at radius 3 is 2.12 bits per heavy atom. The Kier molecular flexibility index (Phi) is 5.06. The SMILES string of the molecule is COC(=O)CCc1cnc(CCC(=O)O)cn1. The Morgan fingerprint density at radius 2 is 1.71 bits per heavy atom.